The van der Waals surface area contributed by atoms with E-state index in [1.165, 1.54) is 11.9 Å². The number of hydrogen-bond donors (Lipinski definition) is 2. The van der Waals surface area contributed by atoms with E-state index < -0.39 is 0 Å². The average Bonchev–Trinajstić information content (AvgIpc) is 3.21. The number of fused-ring (bicyclic) bond motifs is 2. The number of nitrogens with one attached hydrogen (secondary N) is 2. The highest BCUT2D eigenvalue weighted by Gasteiger charge is 2.09. The molecule has 5 rings (SSSR count). The second-order valence-corrected chi connectivity index (χ2v) is 6.16. The fourth-order valence-corrected chi connectivity index (χ4v) is 3.03. The summed E-state index contributed by atoms with van der Waals surface area (Å²) < 4.78 is 0. The van der Waals surface area contributed by atoms with Gasteiger partial charge < -0.3 is 5.32 Å². The molecule has 0 bridgehead atoms. The minimum absolute atomic E-state index is 0.597. The second-order valence-electron chi connectivity index (χ2n) is 6.16. The summed E-state index contributed by atoms with van der Waals surface area (Å²) in [6.45, 7) is 0.674. The maximum absolute atomic E-state index is 4.66. The quantitative estimate of drug-likeness (QED) is 0.513. The van der Waals surface area contributed by atoms with Gasteiger partial charge in [-0.3, -0.25) is 5.10 Å². The smallest absolute Gasteiger partial charge is 0.223 e. The van der Waals surface area contributed by atoms with Crippen LogP contribution in [0, 0.1) is 0 Å². The van der Waals surface area contributed by atoms with Crippen molar-refractivity contribution in [1.29, 1.82) is 0 Å². The molecule has 0 aliphatic carbocycles. The molecule has 0 atom stereocenters. The van der Waals surface area contributed by atoms with E-state index in [4.69, 9.17) is 0 Å². The zero-order valence-corrected chi connectivity index (χ0v) is 14.3. The Labute approximate surface area is 154 Å². The van der Waals surface area contributed by atoms with Crippen molar-refractivity contribution in [3.63, 3.8) is 0 Å². The van der Waals surface area contributed by atoms with Gasteiger partial charge in [0, 0.05) is 23.7 Å². The van der Waals surface area contributed by atoms with Crippen molar-refractivity contribution in [2.45, 2.75) is 6.54 Å². The van der Waals surface area contributed by atoms with Crippen LogP contribution in [0.2, 0.25) is 0 Å². The summed E-state index contributed by atoms with van der Waals surface area (Å²) in [6.07, 6.45) is 5.10. The van der Waals surface area contributed by atoms with E-state index in [9.17, 15) is 0 Å². The Kier molecular flexibility index (Phi) is 3.68. The first kappa shape index (κ1) is 15.4. The monoisotopic (exact) mass is 353 g/mol. The highest BCUT2D eigenvalue weighted by Crippen LogP contribution is 2.26. The van der Waals surface area contributed by atoms with Crippen molar-refractivity contribution < 1.29 is 0 Å². The van der Waals surface area contributed by atoms with Gasteiger partial charge in [-0.15, -0.1) is 0 Å². The molecule has 0 aliphatic rings. The van der Waals surface area contributed by atoms with Crippen LogP contribution in [-0.4, -0.2) is 30.1 Å². The Hall–Kier alpha value is -3.87. The zero-order valence-electron chi connectivity index (χ0n) is 14.3. The summed E-state index contributed by atoms with van der Waals surface area (Å²) in [5.74, 6) is 0.597. The molecule has 5 aromatic rings. The Bertz CT molecular complexity index is 1230. The summed E-state index contributed by atoms with van der Waals surface area (Å²) in [5.41, 5.74) is 4.54. The lowest BCUT2D eigenvalue weighted by Gasteiger charge is -2.07. The fraction of sp³-hybridized carbons (Fsp3) is 0.0500. The standard InChI is InChI=1S/C20H15N7/c1-2-4-13(5-3-1)9-21-20-22-10-15-7-6-14(8-17(15)26-20)18-16-11-25-27-19(16)24-12-23-18/h1-8,10-12H,9H2,(H,21,22,26)(H,23,24,25,27). The maximum Gasteiger partial charge on any atom is 0.223 e. The lowest BCUT2D eigenvalue weighted by Crippen LogP contribution is -2.03. The third-order valence-corrected chi connectivity index (χ3v) is 4.40. The fourth-order valence-electron chi connectivity index (χ4n) is 3.03. The molecule has 0 radical (unpaired) electrons. The molecule has 27 heavy (non-hydrogen) atoms. The van der Waals surface area contributed by atoms with Gasteiger partial charge in [-0.1, -0.05) is 42.5 Å². The summed E-state index contributed by atoms with van der Waals surface area (Å²) in [7, 11) is 0. The highest BCUT2D eigenvalue weighted by molar-refractivity contribution is 5.92. The van der Waals surface area contributed by atoms with Crippen LogP contribution in [0.3, 0.4) is 0 Å². The molecule has 3 heterocycles. The Morgan fingerprint density at radius 2 is 1.85 bits per heavy atom. The SMILES string of the molecule is c1ccc(CNc2ncc3ccc(-c4ncnc5[nH]ncc45)cc3n2)cc1. The van der Waals surface area contributed by atoms with Crippen LogP contribution in [0.25, 0.3) is 33.2 Å². The van der Waals surface area contributed by atoms with Crippen LogP contribution in [0.1, 0.15) is 5.56 Å². The van der Waals surface area contributed by atoms with Gasteiger partial charge in [0.05, 0.1) is 22.8 Å². The molecular weight excluding hydrogens is 338 g/mol. The summed E-state index contributed by atoms with van der Waals surface area (Å²) >= 11 is 0. The molecule has 0 amide bonds. The summed E-state index contributed by atoms with van der Waals surface area (Å²) in [4.78, 5) is 17.7. The molecule has 2 N–H and O–H groups in total. The van der Waals surface area contributed by atoms with Gasteiger partial charge in [-0.25, -0.2) is 19.9 Å². The van der Waals surface area contributed by atoms with Crippen molar-refractivity contribution in [2.24, 2.45) is 0 Å². The number of rotatable bonds is 4. The van der Waals surface area contributed by atoms with Gasteiger partial charge in [-0.2, -0.15) is 5.10 Å². The van der Waals surface area contributed by atoms with Gasteiger partial charge in [0.25, 0.3) is 0 Å². The van der Waals surface area contributed by atoms with Gasteiger partial charge >= 0.3 is 0 Å². The first-order valence-corrected chi connectivity index (χ1v) is 8.56. The molecule has 0 spiro atoms. The van der Waals surface area contributed by atoms with Crippen LogP contribution < -0.4 is 5.32 Å². The number of hydrogen-bond acceptors (Lipinski definition) is 6. The molecule has 0 saturated heterocycles. The predicted molar refractivity (Wildman–Crippen MR) is 104 cm³/mol. The van der Waals surface area contributed by atoms with Crippen molar-refractivity contribution in [2.75, 3.05) is 5.32 Å². The number of aromatic nitrogens is 6. The molecule has 7 nitrogen and oxygen atoms in total. The van der Waals surface area contributed by atoms with Gasteiger partial charge in [0.15, 0.2) is 5.65 Å². The molecule has 0 unspecified atom stereocenters. The summed E-state index contributed by atoms with van der Waals surface area (Å²) in [6, 6.07) is 16.2. The van der Waals surface area contributed by atoms with Gasteiger partial charge in [0.1, 0.15) is 6.33 Å². The van der Waals surface area contributed by atoms with Gasteiger partial charge in [0.2, 0.25) is 5.95 Å². The number of H-pyrrole nitrogens is 1. The van der Waals surface area contributed by atoms with Crippen molar-refractivity contribution in [1.82, 2.24) is 30.1 Å². The van der Waals surface area contributed by atoms with Gasteiger partial charge in [-0.05, 0) is 11.6 Å². The van der Waals surface area contributed by atoms with E-state index in [-0.39, 0.29) is 0 Å². The van der Waals surface area contributed by atoms with Crippen molar-refractivity contribution in [3.05, 3.63) is 72.8 Å². The molecule has 3 aromatic heterocycles. The number of benzene rings is 2. The van der Waals surface area contributed by atoms with Crippen LogP contribution in [-0.2, 0) is 6.54 Å². The van der Waals surface area contributed by atoms with Crippen LogP contribution in [0.4, 0.5) is 5.95 Å². The second kappa shape index (κ2) is 6.45. The highest BCUT2D eigenvalue weighted by atomic mass is 15.1. The van der Waals surface area contributed by atoms with E-state index in [1.807, 2.05) is 42.6 Å². The van der Waals surface area contributed by atoms with Crippen molar-refractivity contribution >= 4 is 27.9 Å². The van der Waals surface area contributed by atoms with Crippen LogP contribution in [0.15, 0.2) is 67.3 Å². The molecule has 7 heteroatoms. The largest absolute Gasteiger partial charge is 0.350 e. The Morgan fingerprint density at radius 1 is 0.926 bits per heavy atom. The molecule has 0 saturated carbocycles. The number of aromatic amines is 1. The van der Waals surface area contributed by atoms with E-state index in [2.05, 4.69) is 47.6 Å². The molecule has 0 aliphatic heterocycles. The minimum Gasteiger partial charge on any atom is -0.350 e. The van der Waals surface area contributed by atoms with Crippen LogP contribution >= 0.6 is 0 Å². The lowest BCUT2D eigenvalue weighted by molar-refractivity contribution is 1.07. The molecular formula is C20H15N7. The topological polar surface area (TPSA) is 92.3 Å². The van der Waals surface area contributed by atoms with E-state index in [0.717, 1.165) is 27.5 Å². The molecule has 0 fully saturated rings. The minimum atomic E-state index is 0.597. The third kappa shape index (κ3) is 2.95. The van der Waals surface area contributed by atoms with E-state index in [0.29, 0.717) is 18.1 Å². The van der Waals surface area contributed by atoms with Crippen molar-refractivity contribution in [3.8, 4) is 11.3 Å². The number of nitrogens with zero attached hydrogens (tertiary/aromatic N) is 5. The summed E-state index contributed by atoms with van der Waals surface area (Å²) in [5, 5.41) is 12.1. The zero-order chi connectivity index (χ0) is 18.1. The molecule has 2 aromatic carbocycles. The van der Waals surface area contributed by atoms with Crippen LogP contribution in [0.5, 0.6) is 0 Å². The van der Waals surface area contributed by atoms with E-state index >= 15 is 0 Å². The first-order valence-electron chi connectivity index (χ1n) is 8.56. The molecule has 130 valence electrons. The predicted octanol–water partition coefficient (Wildman–Crippen LogP) is 3.58. The van der Waals surface area contributed by atoms with E-state index in [1.54, 1.807) is 6.20 Å². The first-order chi connectivity index (χ1) is 13.4. The third-order valence-electron chi connectivity index (χ3n) is 4.40. The Morgan fingerprint density at radius 3 is 2.78 bits per heavy atom. The maximum atomic E-state index is 4.66. The lowest BCUT2D eigenvalue weighted by atomic mass is 10.1. The Balaban J connectivity index is 1.50. The number of anilines is 1. The average molecular weight is 353 g/mol. The normalized spacial score (nSPS) is 11.1.